The highest BCUT2D eigenvalue weighted by Crippen LogP contribution is 2.46. The minimum Gasteiger partial charge on any atom is -0.542 e. The van der Waals surface area contributed by atoms with E-state index in [1.54, 1.807) is 29.2 Å². The van der Waals surface area contributed by atoms with Crippen molar-refractivity contribution in [3.8, 4) is 0 Å². The molecule has 0 bridgehead atoms. The molecular weight excluding hydrogens is 842 g/mol. The number of amides is 2. The number of hydrogen-bond donors (Lipinski definition) is 2. The summed E-state index contributed by atoms with van der Waals surface area (Å²) in [4.78, 5) is 36.5. The Hall–Kier alpha value is -4.36. The molecule has 3 atom stereocenters. The third kappa shape index (κ3) is 21.2. The predicted molar refractivity (Wildman–Crippen MR) is 245 cm³/mol. The first-order chi connectivity index (χ1) is 31.0. The fraction of sp³-hybridized carbons (Fsp3) is 0.596. The van der Waals surface area contributed by atoms with Crippen LogP contribution in [0.5, 0.6) is 0 Å². The van der Waals surface area contributed by atoms with Gasteiger partial charge in [0, 0.05) is 18.7 Å². The summed E-state index contributed by atoms with van der Waals surface area (Å²) < 4.78 is 59.8. The zero-order valence-corrected chi connectivity index (χ0v) is 39.0. The van der Waals surface area contributed by atoms with Gasteiger partial charge >= 0.3 is 6.18 Å². The van der Waals surface area contributed by atoms with Gasteiger partial charge in [0.2, 0.25) is 11.8 Å². The van der Waals surface area contributed by atoms with Crippen molar-refractivity contribution in [3.63, 3.8) is 0 Å². The van der Waals surface area contributed by atoms with Gasteiger partial charge in [0.1, 0.15) is 17.6 Å². The highest BCUT2D eigenvalue weighted by molar-refractivity contribution is 6.03. The highest BCUT2D eigenvalue weighted by Gasteiger charge is 2.48. The van der Waals surface area contributed by atoms with Gasteiger partial charge in [-0.1, -0.05) is 127 Å². The molecule has 0 aromatic heterocycles. The Balaban J connectivity index is 0.00000148. The number of carboxylic acids is 1. The molecule has 2 N–H and O–H groups in total. The number of aliphatic hydroxyl groups excluding tert-OH is 1. The molecule has 0 saturated carbocycles. The van der Waals surface area contributed by atoms with Crippen LogP contribution in [0.25, 0.3) is 0 Å². The SMILES string of the molecule is CCCCCCCCCCCC[N+](C)(C)CCCCCCCCCCC(=O)NCc1ccc(C2C(CCC(O)c3ccc(F)cc3)C(=O)N2c2ccc(F)cc2)cc1.O=C([O-])C(F)(F)F. The van der Waals surface area contributed by atoms with Crippen LogP contribution in [0.1, 0.15) is 171 Å². The van der Waals surface area contributed by atoms with Crippen LogP contribution in [-0.2, 0) is 20.9 Å². The molecule has 3 unspecified atom stereocenters. The Morgan fingerprint density at radius 1 is 0.708 bits per heavy atom. The number of unbranched alkanes of at least 4 members (excludes halogenated alkanes) is 16. The van der Waals surface area contributed by atoms with E-state index in [4.69, 9.17) is 9.90 Å². The lowest BCUT2D eigenvalue weighted by molar-refractivity contribution is -0.890. The van der Waals surface area contributed by atoms with Crippen molar-refractivity contribution in [1.82, 2.24) is 5.32 Å². The van der Waals surface area contributed by atoms with E-state index >= 15 is 0 Å². The molecule has 1 aliphatic rings. The Labute approximate surface area is 384 Å². The molecule has 3 aromatic rings. The summed E-state index contributed by atoms with van der Waals surface area (Å²) in [6.45, 7) is 5.30. The third-order valence-corrected chi connectivity index (χ3v) is 12.4. The van der Waals surface area contributed by atoms with Crippen LogP contribution in [0.15, 0.2) is 72.8 Å². The maximum Gasteiger partial charge on any atom is 0.430 e. The van der Waals surface area contributed by atoms with Crippen LogP contribution in [0.3, 0.4) is 0 Å². The summed E-state index contributed by atoms with van der Waals surface area (Å²) in [5.41, 5.74) is 3.13. The normalized spacial score (nSPS) is 15.5. The van der Waals surface area contributed by atoms with E-state index in [0.717, 1.165) is 28.5 Å². The molecular formula is C52H74F5N3O5. The molecule has 1 heterocycles. The van der Waals surface area contributed by atoms with Gasteiger partial charge in [0.05, 0.1) is 45.2 Å². The number of halogens is 5. The van der Waals surface area contributed by atoms with E-state index in [-0.39, 0.29) is 35.4 Å². The van der Waals surface area contributed by atoms with Crippen LogP contribution in [0.2, 0.25) is 0 Å². The van der Waals surface area contributed by atoms with Gasteiger partial charge in [0.25, 0.3) is 0 Å². The second kappa shape index (κ2) is 29.3. The maximum atomic E-state index is 13.7. The number of carboxylic acid groups (broad SMARTS) is 1. The number of hydrogen-bond acceptors (Lipinski definition) is 5. The molecule has 0 aliphatic carbocycles. The molecule has 4 rings (SSSR count). The van der Waals surface area contributed by atoms with Crippen LogP contribution in [-0.4, -0.2) is 60.7 Å². The molecule has 1 aliphatic heterocycles. The third-order valence-electron chi connectivity index (χ3n) is 12.4. The van der Waals surface area contributed by atoms with E-state index in [9.17, 15) is 36.6 Å². The van der Waals surface area contributed by atoms with Crippen molar-refractivity contribution < 1.29 is 51.0 Å². The zero-order valence-electron chi connectivity index (χ0n) is 39.0. The molecule has 8 nitrogen and oxygen atoms in total. The lowest BCUT2D eigenvalue weighted by Gasteiger charge is -2.48. The molecule has 1 saturated heterocycles. The minimum absolute atomic E-state index is 0.0643. The van der Waals surface area contributed by atoms with Crippen LogP contribution in [0.4, 0.5) is 27.6 Å². The van der Waals surface area contributed by atoms with E-state index in [1.165, 1.54) is 140 Å². The Bertz CT molecular complexity index is 1810. The topological polar surface area (TPSA) is 110 Å². The Morgan fingerprint density at radius 3 is 1.63 bits per heavy atom. The van der Waals surface area contributed by atoms with Crippen molar-refractivity contribution in [2.75, 3.05) is 32.1 Å². The van der Waals surface area contributed by atoms with E-state index < -0.39 is 18.2 Å². The summed E-state index contributed by atoms with van der Waals surface area (Å²) in [7, 11) is 4.80. The first-order valence-electron chi connectivity index (χ1n) is 24.0. The second-order valence-electron chi connectivity index (χ2n) is 18.3. The maximum absolute atomic E-state index is 13.7. The number of benzene rings is 3. The summed E-state index contributed by atoms with van der Waals surface area (Å²) in [6.07, 6.45) is 18.9. The molecule has 1 fully saturated rings. The van der Waals surface area contributed by atoms with Gasteiger partial charge in [0.15, 0.2) is 0 Å². The fourth-order valence-electron chi connectivity index (χ4n) is 8.44. The van der Waals surface area contributed by atoms with Gasteiger partial charge in [-0.15, -0.1) is 0 Å². The van der Waals surface area contributed by atoms with Gasteiger partial charge in [-0.05, 0) is 98.0 Å². The van der Waals surface area contributed by atoms with Crippen molar-refractivity contribution in [1.29, 1.82) is 0 Å². The number of nitrogens with zero attached hydrogens (tertiary/aromatic N) is 2. The quantitative estimate of drug-likeness (QED) is 0.0300. The van der Waals surface area contributed by atoms with E-state index in [0.29, 0.717) is 37.1 Å². The number of β-lactam (4-membered cyclic amide) rings is 1. The van der Waals surface area contributed by atoms with Gasteiger partial charge in [-0.25, -0.2) is 8.78 Å². The number of alkyl halides is 3. The number of anilines is 1. The number of nitrogens with one attached hydrogen (secondary N) is 1. The molecule has 0 spiro atoms. The lowest BCUT2D eigenvalue weighted by atomic mass is 9.78. The highest BCUT2D eigenvalue weighted by atomic mass is 19.4. The molecule has 0 radical (unpaired) electrons. The van der Waals surface area contributed by atoms with Gasteiger partial charge in [-0.3, -0.25) is 9.59 Å². The zero-order chi connectivity index (χ0) is 47.7. The summed E-state index contributed by atoms with van der Waals surface area (Å²) in [6, 6.07) is 19.3. The largest absolute Gasteiger partial charge is 0.542 e. The summed E-state index contributed by atoms with van der Waals surface area (Å²) in [5.74, 6) is -4.13. The summed E-state index contributed by atoms with van der Waals surface area (Å²) >= 11 is 0. The van der Waals surface area contributed by atoms with Crippen molar-refractivity contribution in [2.24, 2.45) is 5.92 Å². The number of aliphatic carboxylic acids is 1. The monoisotopic (exact) mass is 916 g/mol. The minimum atomic E-state index is -5.19. The molecule has 13 heteroatoms. The van der Waals surface area contributed by atoms with Crippen LogP contribution >= 0.6 is 0 Å². The van der Waals surface area contributed by atoms with Crippen LogP contribution < -0.4 is 15.3 Å². The number of aliphatic hydroxyl groups is 1. The van der Waals surface area contributed by atoms with Gasteiger partial charge < -0.3 is 29.7 Å². The first-order valence-corrected chi connectivity index (χ1v) is 24.0. The van der Waals surface area contributed by atoms with Crippen LogP contribution in [0, 0.1) is 17.6 Å². The average Bonchev–Trinajstić information content (AvgIpc) is 3.27. The Morgan fingerprint density at radius 2 is 1.15 bits per heavy atom. The summed E-state index contributed by atoms with van der Waals surface area (Å²) in [5, 5.41) is 22.6. The van der Waals surface area contributed by atoms with E-state index in [2.05, 4.69) is 26.3 Å². The number of carbonyl (C=O) groups excluding carboxylic acids is 3. The molecule has 3 aromatic carbocycles. The first kappa shape index (κ1) is 55.0. The number of rotatable bonds is 30. The van der Waals surface area contributed by atoms with Gasteiger partial charge in [-0.2, -0.15) is 13.2 Å². The standard InChI is InChI=1S/C50H73F2N3O3.C2HF3O2/c1-4-5-6-7-8-9-11-14-17-20-37-55(2,3)38-21-18-15-12-10-13-16-19-22-48(57)53-39-40-23-25-42(26-24-40)49-46(35-36-47(56)41-27-29-43(51)30-28-41)50(58)54(49)45-33-31-44(52)32-34-45;3-2(4,5)1(6)7/h23-34,46-47,49,56H,4-22,35-39H2,1-3H3;(H,6,7). The van der Waals surface area contributed by atoms with Crippen molar-refractivity contribution in [3.05, 3.63) is 101 Å². The fourth-order valence-corrected chi connectivity index (χ4v) is 8.44. The number of carbonyl (C=O) groups is 3. The van der Waals surface area contributed by atoms with E-state index in [1.807, 2.05) is 24.3 Å². The Kier molecular flexibility index (Phi) is 24.8. The molecule has 362 valence electrons. The van der Waals surface area contributed by atoms with Crippen molar-refractivity contribution in [2.45, 2.75) is 167 Å². The predicted octanol–water partition coefficient (Wildman–Crippen LogP) is 11.6. The molecule has 65 heavy (non-hydrogen) atoms. The van der Waals surface area contributed by atoms with Crippen molar-refractivity contribution >= 4 is 23.5 Å². The second-order valence-corrected chi connectivity index (χ2v) is 18.3. The number of quaternary nitrogens is 1. The smallest absolute Gasteiger partial charge is 0.430 e. The average molecular weight is 916 g/mol. The molecule has 2 amide bonds. The lowest BCUT2D eigenvalue weighted by Crippen LogP contribution is -2.55.